The number of anilines is 1. The lowest BCUT2D eigenvalue weighted by Gasteiger charge is -2.23. The second-order valence-corrected chi connectivity index (χ2v) is 10.6. The SMILES string of the molecule is CC(=O)c1nn(CC(=O)N2C[C@H](F)C[C@H]2C(=O)Nc2cccc(Br)n2)c2ccc(-c3cnn(-c4ncccn4)c3)cc12. The van der Waals surface area contributed by atoms with Crippen LogP contribution in [-0.2, 0) is 16.1 Å². The van der Waals surface area contributed by atoms with Gasteiger partial charge in [0.2, 0.25) is 17.8 Å². The van der Waals surface area contributed by atoms with Crippen molar-refractivity contribution in [2.45, 2.75) is 32.1 Å². The van der Waals surface area contributed by atoms with Gasteiger partial charge in [-0.15, -0.1) is 0 Å². The van der Waals surface area contributed by atoms with Crippen molar-refractivity contribution in [3.8, 4) is 17.1 Å². The number of carbonyl (C=O) groups is 3. The molecule has 12 nitrogen and oxygen atoms in total. The number of alkyl halides is 1. The van der Waals surface area contributed by atoms with E-state index in [4.69, 9.17) is 0 Å². The lowest BCUT2D eigenvalue weighted by atomic mass is 10.1. The number of amides is 2. The molecule has 1 fully saturated rings. The molecule has 1 aliphatic heterocycles. The smallest absolute Gasteiger partial charge is 0.250 e. The molecule has 0 aliphatic carbocycles. The molecule has 1 aliphatic rings. The first-order chi connectivity index (χ1) is 20.3. The number of likely N-dealkylation sites (tertiary alicyclic amines) is 1. The van der Waals surface area contributed by atoms with Gasteiger partial charge in [-0.1, -0.05) is 12.1 Å². The number of carbonyl (C=O) groups excluding carboxylic acids is 3. The number of rotatable bonds is 7. The predicted molar refractivity (Wildman–Crippen MR) is 153 cm³/mol. The summed E-state index contributed by atoms with van der Waals surface area (Å²) in [6.07, 6.45) is 5.19. The zero-order chi connectivity index (χ0) is 29.4. The Labute approximate surface area is 246 Å². The maximum absolute atomic E-state index is 14.5. The van der Waals surface area contributed by atoms with Crippen molar-refractivity contribution >= 4 is 50.2 Å². The molecule has 0 unspecified atom stereocenters. The summed E-state index contributed by atoms with van der Waals surface area (Å²) in [5.74, 6) is -0.607. The first-order valence-corrected chi connectivity index (χ1v) is 13.8. The molecule has 212 valence electrons. The third-order valence-corrected chi connectivity index (χ3v) is 7.32. The van der Waals surface area contributed by atoms with E-state index in [1.54, 1.807) is 59.8 Å². The third-order valence-electron chi connectivity index (χ3n) is 6.88. The Hall–Kier alpha value is -4.85. The van der Waals surface area contributed by atoms with Gasteiger partial charge >= 0.3 is 0 Å². The van der Waals surface area contributed by atoms with Gasteiger partial charge in [0.1, 0.15) is 34.9 Å². The standard InChI is InChI=1S/C28H23BrFN9O3/c1-16(40)26-20-10-17(18-12-33-39(13-18)28-31-8-3-9-32-28)6-7-21(20)38(36-26)15-25(41)37-14-19(30)11-22(37)27(42)35-24-5-2-4-23(29)34-24/h2-10,12-13,19,22H,11,14-15H2,1H3,(H,34,35,42)/t19-,22+/m1/s1. The fourth-order valence-corrected chi connectivity index (χ4v) is 5.29. The zero-order valence-corrected chi connectivity index (χ0v) is 23.8. The lowest BCUT2D eigenvalue weighted by molar-refractivity contribution is -0.137. The molecule has 5 heterocycles. The molecule has 1 aromatic carbocycles. The zero-order valence-electron chi connectivity index (χ0n) is 22.2. The molecule has 0 bridgehead atoms. The van der Waals surface area contributed by atoms with Gasteiger partial charge in [-0.25, -0.2) is 24.0 Å². The van der Waals surface area contributed by atoms with Crippen LogP contribution in [0.5, 0.6) is 0 Å². The lowest BCUT2D eigenvalue weighted by Crippen LogP contribution is -2.44. The molecule has 14 heteroatoms. The fraction of sp³-hybridized carbons (Fsp3) is 0.214. The molecule has 2 amide bonds. The van der Waals surface area contributed by atoms with E-state index >= 15 is 0 Å². The Morgan fingerprint density at radius 1 is 1.10 bits per heavy atom. The highest BCUT2D eigenvalue weighted by Crippen LogP contribution is 2.28. The number of hydrogen-bond donors (Lipinski definition) is 1. The molecule has 4 aromatic heterocycles. The summed E-state index contributed by atoms with van der Waals surface area (Å²) >= 11 is 3.25. The minimum Gasteiger partial charge on any atom is -0.326 e. The molecule has 0 saturated carbocycles. The van der Waals surface area contributed by atoms with Crippen molar-refractivity contribution in [1.82, 2.24) is 39.4 Å². The Bertz CT molecular complexity index is 1820. The molecule has 42 heavy (non-hydrogen) atoms. The van der Waals surface area contributed by atoms with E-state index in [1.165, 1.54) is 16.5 Å². The van der Waals surface area contributed by atoms with Gasteiger partial charge in [-0.05, 0) is 51.8 Å². The summed E-state index contributed by atoms with van der Waals surface area (Å²) in [5.41, 5.74) is 2.28. The van der Waals surface area contributed by atoms with Gasteiger partial charge in [-0.2, -0.15) is 10.2 Å². The largest absolute Gasteiger partial charge is 0.326 e. The molecule has 0 radical (unpaired) electrons. The van der Waals surface area contributed by atoms with Gasteiger partial charge in [0.05, 0.1) is 18.3 Å². The summed E-state index contributed by atoms with van der Waals surface area (Å²) in [6.45, 7) is 0.898. The van der Waals surface area contributed by atoms with E-state index in [9.17, 15) is 18.8 Å². The third kappa shape index (κ3) is 5.40. The molecule has 0 spiro atoms. The van der Waals surface area contributed by atoms with Crippen molar-refractivity contribution in [2.24, 2.45) is 0 Å². The van der Waals surface area contributed by atoms with Gasteiger partial charge < -0.3 is 10.2 Å². The van der Waals surface area contributed by atoms with E-state index in [2.05, 4.69) is 46.4 Å². The van der Waals surface area contributed by atoms with Crippen molar-refractivity contribution in [2.75, 3.05) is 11.9 Å². The molecular weight excluding hydrogens is 609 g/mol. The number of halogens is 2. The Balaban J connectivity index is 1.26. The van der Waals surface area contributed by atoms with Gasteiger partial charge in [-0.3, -0.25) is 19.1 Å². The summed E-state index contributed by atoms with van der Waals surface area (Å²) in [5, 5.41) is 12.0. The van der Waals surface area contributed by atoms with E-state index in [1.807, 2.05) is 12.1 Å². The fourth-order valence-electron chi connectivity index (χ4n) is 4.95. The maximum atomic E-state index is 14.5. The number of ketones is 1. The molecule has 2 atom stereocenters. The number of Topliss-reactive ketones (excluding diaryl/α,β-unsaturated/α-hetero) is 1. The molecule has 1 N–H and O–H groups in total. The average molecular weight is 632 g/mol. The maximum Gasteiger partial charge on any atom is 0.250 e. The van der Waals surface area contributed by atoms with Crippen LogP contribution in [0.4, 0.5) is 10.2 Å². The number of benzene rings is 1. The van der Waals surface area contributed by atoms with Gasteiger partial charge in [0, 0.05) is 42.9 Å². The Morgan fingerprint density at radius 2 is 1.90 bits per heavy atom. The number of hydrogen-bond acceptors (Lipinski definition) is 8. The summed E-state index contributed by atoms with van der Waals surface area (Å²) < 4.78 is 18.0. The first kappa shape index (κ1) is 27.3. The van der Waals surface area contributed by atoms with Crippen LogP contribution in [0.25, 0.3) is 28.0 Å². The molecule has 5 aromatic rings. The highest BCUT2D eigenvalue weighted by molar-refractivity contribution is 9.10. The van der Waals surface area contributed by atoms with E-state index in [0.717, 1.165) is 11.1 Å². The number of aromatic nitrogens is 7. The van der Waals surface area contributed by atoms with Crippen LogP contribution in [0.2, 0.25) is 0 Å². The van der Waals surface area contributed by atoms with E-state index in [0.29, 0.717) is 21.5 Å². The second kappa shape index (κ2) is 11.2. The van der Waals surface area contributed by atoms with Crippen LogP contribution >= 0.6 is 15.9 Å². The average Bonchev–Trinajstić information content (AvgIpc) is 3.71. The summed E-state index contributed by atoms with van der Waals surface area (Å²) in [7, 11) is 0. The van der Waals surface area contributed by atoms with Crippen LogP contribution in [0, 0.1) is 0 Å². The predicted octanol–water partition coefficient (Wildman–Crippen LogP) is 3.62. The minimum atomic E-state index is -1.35. The van der Waals surface area contributed by atoms with Crippen LogP contribution in [0.15, 0.2) is 71.9 Å². The van der Waals surface area contributed by atoms with Crippen molar-refractivity contribution in [3.05, 3.63) is 77.5 Å². The van der Waals surface area contributed by atoms with Gasteiger partial charge in [0.25, 0.3) is 0 Å². The quantitative estimate of drug-likeness (QED) is 0.212. The number of pyridine rings is 1. The minimum absolute atomic E-state index is 0.130. The molecule has 6 rings (SSSR count). The first-order valence-electron chi connectivity index (χ1n) is 13.0. The van der Waals surface area contributed by atoms with Crippen LogP contribution in [0.1, 0.15) is 23.8 Å². The van der Waals surface area contributed by atoms with E-state index < -0.39 is 24.0 Å². The highest BCUT2D eigenvalue weighted by Gasteiger charge is 2.40. The monoisotopic (exact) mass is 631 g/mol. The Kier molecular flexibility index (Phi) is 7.29. The number of nitrogens with one attached hydrogen (secondary N) is 1. The topological polar surface area (TPSA) is 141 Å². The van der Waals surface area contributed by atoms with Crippen molar-refractivity contribution in [3.63, 3.8) is 0 Å². The highest BCUT2D eigenvalue weighted by atomic mass is 79.9. The molecular formula is C28H23BrFN9O3. The van der Waals surface area contributed by atoms with Crippen LogP contribution in [-0.4, -0.2) is 75.8 Å². The van der Waals surface area contributed by atoms with Crippen LogP contribution < -0.4 is 5.32 Å². The second-order valence-electron chi connectivity index (χ2n) is 9.75. The Morgan fingerprint density at radius 3 is 2.67 bits per heavy atom. The van der Waals surface area contributed by atoms with Gasteiger partial charge in [0.15, 0.2) is 5.78 Å². The summed E-state index contributed by atoms with van der Waals surface area (Å²) in [4.78, 5) is 52.7. The molecule has 1 saturated heterocycles. The summed E-state index contributed by atoms with van der Waals surface area (Å²) in [6, 6.07) is 11.1. The van der Waals surface area contributed by atoms with Crippen LogP contribution in [0.3, 0.4) is 0 Å². The number of nitrogens with zero attached hydrogens (tertiary/aromatic N) is 8. The normalized spacial score (nSPS) is 16.6. The van der Waals surface area contributed by atoms with Crippen molar-refractivity contribution < 1.29 is 18.8 Å². The number of fused-ring (bicyclic) bond motifs is 1. The van der Waals surface area contributed by atoms with Crippen molar-refractivity contribution in [1.29, 1.82) is 0 Å². The van der Waals surface area contributed by atoms with E-state index in [-0.39, 0.29) is 36.8 Å².